The van der Waals surface area contributed by atoms with Gasteiger partial charge in [-0.1, -0.05) is 0 Å². The third kappa shape index (κ3) is 2.86. The van der Waals surface area contributed by atoms with Crippen LogP contribution in [0.1, 0.15) is 36.0 Å². The van der Waals surface area contributed by atoms with E-state index in [1.54, 1.807) is 6.07 Å². The molecule has 1 unspecified atom stereocenters. The van der Waals surface area contributed by atoms with Crippen molar-refractivity contribution in [2.75, 3.05) is 12.4 Å². The quantitative estimate of drug-likeness (QED) is 0.793. The van der Waals surface area contributed by atoms with Gasteiger partial charge in [0.15, 0.2) is 4.67 Å². The van der Waals surface area contributed by atoms with Gasteiger partial charge in [0.2, 0.25) is 0 Å². The molecule has 2 heterocycles. The van der Waals surface area contributed by atoms with Crippen LogP contribution in [0.3, 0.4) is 0 Å². The molecular weight excluding hydrogens is 305 g/mol. The van der Waals surface area contributed by atoms with E-state index in [9.17, 15) is 4.79 Å². The summed E-state index contributed by atoms with van der Waals surface area (Å²) < 4.78 is 5.63. The summed E-state index contributed by atoms with van der Waals surface area (Å²) in [5.41, 5.74) is 0.614. The zero-order valence-corrected chi connectivity index (χ0v) is 11.8. The average molecular weight is 321 g/mol. The molecule has 1 atom stereocenters. The van der Waals surface area contributed by atoms with Crippen molar-refractivity contribution in [3.63, 3.8) is 0 Å². The minimum atomic E-state index is 0.0581. The Kier molecular flexibility index (Phi) is 4.51. The molecule has 0 aliphatic carbocycles. The highest BCUT2D eigenvalue weighted by Gasteiger charge is 2.30. The molecule has 17 heavy (non-hydrogen) atoms. The Morgan fingerprint density at radius 3 is 3.12 bits per heavy atom. The van der Waals surface area contributed by atoms with E-state index in [-0.39, 0.29) is 5.91 Å². The first-order valence-electron chi connectivity index (χ1n) is 5.84. The van der Waals surface area contributed by atoms with Crippen LogP contribution in [-0.2, 0) is 0 Å². The third-order valence-electron chi connectivity index (χ3n) is 3.16. The molecule has 0 spiro atoms. The van der Waals surface area contributed by atoms with Gasteiger partial charge in [-0.05, 0) is 47.7 Å². The Bertz CT molecular complexity index is 394. The molecule has 1 fully saturated rings. The fourth-order valence-electron chi connectivity index (χ4n) is 2.32. The maximum atomic E-state index is 12.3. The van der Waals surface area contributed by atoms with Crippen molar-refractivity contribution in [2.24, 2.45) is 0 Å². The Morgan fingerprint density at radius 2 is 2.47 bits per heavy atom. The van der Waals surface area contributed by atoms with Gasteiger partial charge >= 0.3 is 0 Å². The van der Waals surface area contributed by atoms with Gasteiger partial charge in [-0.15, -0.1) is 11.6 Å². The van der Waals surface area contributed by atoms with Crippen LogP contribution in [0, 0.1) is 0 Å². The lowest BCUT2D eigenvalue weighted by atomic mass is 10.1. The molecule has 1 aromatic rings. The second-order valence-electron chi connectivity index (χ2n) is 4.23. The van der Waals surface area contributed by atoms with Gasteiger partial charge in [-0.3, -0.25) is 4.79 Å². The van der Waals surface area contributed by atoms with Crippen LogP contribution in [0.4, 0.5) is 0 Å². The Morgan fingerprint density at radius 1 is 1.65 bits per heavy atom. The maximum absolute atomic E-state index is 12.3. The number of nitrogens with zero attached hydrogens (tertiary/aromatic N) is 1. The first-order valence-corrected chi connectivity index (χ1v) is 7.16. The number of likely N-dealkylation sites (tertiary alicyclic amines) is 1. The summed E-state index contributed by atoms with van der Waals surface area (Å²) in [4.78, 5) is 14.3. The predicted octanol–water partition coefficient (Wildman–Crippen LogP) is 3.67. The standard InChI is InChI=1S/C12H15BrClNO2/c13-11-10(5-8-17-11)12(16)15-7-2-4-9(15)3-1-6-14/h5,8-9H,1-4,6-7H2. The number of halogens is 2. The Hall–Kier alpha value is -0.480. The van der Waals surface area contributed by atoms with Gasteiger partial charge < -0.3 is 9.32 Å². The van der Waals surface area contributed by atoms with Gasteiger partial charge in [0.05, 0.1) is 11.8 Å². The molecule has 0 saturated carbocycles. The number of rotatable bonds is 4. The second-order valence-corrected chi connectivity index (χ2v) is 5.33. The molecule has 0 radical (unpaired) electrons. The molecule has 1 aromatic heterocycles. The van der Waals surface area contributed by atoms with E-state index in [2.05, 4.69) is 15.9 Å². The summed E-state index contributed by atoms with van der Waals surface area (Å²) in [6.07, 6.45) is 5.64. The van der Waals surface area contributed by atoms with Gasteiger partial charge in [0.25, 0.3) is 5.91 Å². The van der Waals surface area contributed by atoms with Crippen LogP contribution in [0.25, 0.3) is 0 Å². The summed E-state index contributed by atoms with van der Waals surface area (Å²) in [6, 6.07) is 2.05. The molecule has 0 N–H and O–H groups in total. The summed E-state index contributed by atoms with van der Waals surface area (Å²) in [6.45, 7) is 0.837. The summed E-state index contributed by atoms with van der Waals surface area (Å²) in [7, 11) is 0. The lowest BCUT2D eigenvalue weighted by molar-refractivity contribution is 0.0728. The molecule has 94 valence electrons. The average Bonchev–Trinajstić information content (AvgIpc) is 2.94. The molecule has 1 saturated heterocycles. The van der Waals surface area contributed by atoms with E-state index in [0.717, 1.165) is 32.2 Å². The number of hydrogen-bond donors (Lipinski definition) is 0. The van der Waals surface area contributed by atoms with E-state index in [4.69, 9.17) is 16.0 Å². The second kappa shape index (κ2) is 5.91. The lowest BCUT2D eigenvalue weighted by Gasteiger charge is -2.24. The number of carbonyl (C=O) groups is 1. The van der Waals surface area contributed by atoms with Crippen molar-refractivity contribution in [2.45, 2.75) is 31.7 Å². The first kappa shape index (κ1) is 13.0. The molecule has 0 bridgehead atoms. The van der Waals surface area contributed by atoms with Gasteiger partial charge in [0.1, 0.15) is 0 Å². The summed E-state index contributed by atoms with van der Waals surface area (Å²) >= 11 is 8.96. The van der Waals surface area contributed by atoms with Crippen molar-refractivity contribution in [3.8, 4) is 0 Å². The molecular formula is C12H15BrClNO2. The molecule has 1 aliphatic heterocycles. The van der Waals surface area contributed by atoms with Crippen LogP contribution in [0.2, 0.25) is 0 Å². The molecule has 0 aromatic carbocycles. The van der Waals surface area contributed by atoms with Crippen molar-refractivity contribution >= 4 is 33.4 Å². The van der Waals surface area contributed by atoms with Crippen molar-refractivity contribution in [1.29, 1.82) is 0 Å². The smallest absolute Gasteiger partial charge is 0.258 e. The number of hydrogen-bond acceptors (Lipinski definition) is 2. The van der Waals surface area contributed by atoms with E-state index >= 15 is 0 Å². The zero-order valence-electron chi connectivity index (χ0n) is 9.49. The van der Waals surface area contributed by atoms with Crippen LogP contribution in [0.15, 0.2) is 21.4 Å². The Labute approximate surface area is 114 Å². The first-order chi connectivity index (χ1) is 8.24. The highest BCUT2D eigenvalue weighted by atomic mass is 79.9. The van der Waals surface area contributed by atoms with Gasteiger partial charge in [0, 0.05) is 18.5 Å². The molecule has 5 heteroatoms. The maximum Gasteiger partial charge on any atom is 0.258 e. The van der Waals surface area contributed by atoms with E-state index in [0.29, 0.717) is 22.2 Å². The minimum Gasteiger partial charge on any atom is -0.457 e. The lowest BCUT2D eigenvalue weighted by Crippen LogP contribution is -2.35. The van der Waals surface area contributed by atoms with Crippen molar-refractivity contribution in [1.82, 2.24) is 4.90 Å². The van der Waals surface area contributed by atoms with Gasteiger partial charge in [-0.2, -0.15) is 0 Å². The highest BCUT2D eigenvalue weighted by Crippen LogP contribution is 2.26. The normalized spacial score (nSPS) is 19.9. The summed E-state index contributed by atoms with van der Waals surface area (Å²) in [5, 5.41) is 0. The zero-order chi connectivity index (χ0) is 12.3. The van der Waals surface area contributed by atoms with Crippen molar-refractivity contribution < 1.29 is 9.21 Å². The number of carbonyl (C=O) groups excluding carboxylic acids is 1. The molecule has 1 amide bonds. The van der Waals surface area contributed by atoms with Crippen molar-refractivity contribution in [3.05, 3.63) is 22.6 Å². The van der Waals surface area contributed by atoms with Crippen LogP contribution < -0.4 is 0 Å². The Balaban J connectivity index is 2.06. The molecule has 2 rings (SSSR count). The van der Waals surface area contributed by atoms with Crippen LogP contribution >= 0.6 is 27.5 Å². The van der Waals surface area contributed by atoms with E-state index in [1.165, 1.54) is 6.26 Å². The fourth-order valence-corrected chi connectivity index (χ4v) is 2.88. The van der Waals surface area contributed by atoms with Gasteiger partial charge in [-0.25, -0.2) is 0 Å². The third-order valence-corrected chi connectivity index (χ3v) is 4.04. The van der Waals surface area contributed by atoms with E-state index < -0.39 is 0 Å². The molecule has 3 nitrogen and oxygen atoms in total. The van der Waals surface area contributed by atoms with Crippen LogP contribution in [-0.4, -0.2) is 29.3 Å². The molecule has 1 aliphatic rings. The SMILES string of the molecule is O=C(c1ccoc1Br)N1CCCC1CCCCl. The number of alkyl halides is 1. The van der Waals surface area contributed by atoms with Crippen LogP contribution in [0.5, 0.6) is 0 Å². The van der Waals surface area contributed by atoms with E-state index in [1.807, 2.05) is 4.90 Å². The number of furan rings is 1. The summed E-state index contributed by atoms with van der Waals surface area (Å²) in [5.74, 6) is 0.719. The topological polar surface area (TPSA) is 33.5 Å². The highest BCUT2D eigenvalue weighted by molar-refractivity contribution is 9.10. The number of amides is 1. The largest absolute Gasteiger partial charge is 0.457 e. The minimum absolute atomic E-state index is 0.0581. The monoisotopic (exact) mass is 319 g/mol. The fraction of sp³-hybridized carbons (Fsp3) is 0.583. The predicted molar refractivity (Wildman–Crippen MR) is 70.4 cm³/mol.